The van der Waals surface area contributed by atoms with E-state index in [1.807, 2.05) is 30.3 Å². The molecule has 0 fully saturated rings. The summed E-state index contributed by atoms with van der Waals surface area (Å²) in [6.45, 7) is 0.656. The lowest BCUT2D eigenvalue weighted by atomic mass is 10.1. The first-order valence-electron chi connectivity index (χ1n) is 7.17. The topological polar surface area (TPSA) is 41.1 Å². The molecule has 2 rings (SSSR count). The summed E-state index contributed by atoms with van der Waals surface area (Å²) in [5, 5.41) is 5.42. The summed E-state index contributed by atoms with van der Waals surface area (Å²) in [5.74, 6) is -0.377. The van der Waals surface area contributed by atoms with Crippen LogP contribution in [-0.2, 0) is 17.4 Å². The van der Waals surface area contributed by atoms with Gasteiger partial charge in [0.05, 0.1) is 12.1 Å². The van der Waals surface area contributed by atoms with Crippen molar-refractivity contribution in [2.75, 3.05) is 18.4 Å². The van der Waals surface area contributed by atoms with Crippen LogP contribution in [0.2, 0.25) is 0 Å². The molecule has 0 atom stereocenters. The lowest BCUT2D eigenvalue weighted by Crippen LogP contribution is -2.29. The van der Waals surface area contributed by atoms with E-state index < -0.39 is 11.7 Å². The van der Waals surface area contributed by atoms with E-state index in [1.54, 1.807) is 0 Å². The van der Waals surface area contributed by atoms with Gasteiger partial charge in [-0.25, -0.2) is 0 Å². The molecule has 0 aliphatic carbocycles. The Morgan fingerprint density at radius 1 is 1.00 bits per heavy atom. The second kappa shape index (κ2) is 7.78. The van der Waals surface area contributed by atoms with Gasteiger partial charge in [0.25, 0.3) is 0 Å². The first-order valence-corrected chi connectivity index (χ1v) is 7.17. The van der Waals surface area contributed by atoms with E-state index in [4.69, 9.17) is 0 Å². The SMILES string of the molecule is O=C(CNCCc1ccccc1)Nc1cccc(C(F)(F)F)c1. The second-order valence-electron chi connectivity index (χ2n) is 5.04. The summed E-state index contributed by atoms with van der Waals surface area (Å²) < 4.78 is 37.8. The van der Waals surface area contributed by atoms with E-state index in [0.29, 0.717) is 6.54 Å². The zero-order chi connectivity index (χ0) is 16.7. The maximum Gasteiger partial charge on any atom is 0.416 e. The molecule has 0 saturated heterocycles. The van der Waals surface area contributed by atoms with Crippen molar-refractivity contribution in [3.8, 4) is 0 Å². The van der Waals surface area contributed by atoms with Crippen LogP contribution in [0.1, 0.15) is 11.1 Å². The fourth-order valence-corrected chi connectivity index (χ4v) is 2.06. The van der Waals surface area contributed by atoms with Gasteiger partial charge in [-0.3, -0.25) is 4.79 Å². The van der Waals surface area contributed by atoms with Crippen LogP contribution in [0.4, 0.5) is 18.9 Å². The average molecular weight is 322 g/mol. The summed E-state index contributed by atoms with van der Waals surface area (Å²) in [5.41, 5.74) is 0.500. The summed E-state index contributed by atoms with van der Waals surface area (Å²) in [4.78, 5) is 11.7. The third kappa shape index (κ3) is 5.75. The number of hydrogen-bond acceptors (Lipinski definition) is 2. The third-order valence-corrected chi connectivity index (χ3v) is 3.19. The van der Waals surface area contributed by atoms with Crippen molar-refractivity contribution in [2.45, 2.75) is 12.6 Å². The number of alkyl halides is 3. The lowest BCUT2D eigenvalue weighted by molar-refractivity contribution is -0.137. The molecule has 1 amide bonds. The number of halogens is 3. The van der Waals surface area contributed by atoms with Crippen LogP contribution in [0.15, 0.2) is 54.6 Å². The van der Waals surface area contributed by atoms with Crippen molar-refractivity contribution < 1.29 is 18.0 Å². The Bertz CT molecular complexity index is 642. The summed E-state index contributed by atoms with van der Waals surface area (Å²) in [7, 11) is 0. The van der Waals surface area contributed by atoms with E-state index in [-0.39, 0.29) is 18.1 Å². The zero-order valence-corrected chi connectivity index (χ0v) is 12.4. The van der Waals surface area contributed by atoms with Crippen LogP contribution in [0, 0.1) is 0 Å². The molecule has 2 aromatic carbocycles. The highest BCUT2D eigenvalue weighted by molar-refractivity contribution is 5.92. The molecule has 0 radical (unpaired) electrons. The van der Waals surface area contributed by atoms with Gasteiger partial charge in [0.1, 0.15) is 0 Å². The zero-order valence-electron chi connectivity index (χ0n) is 12.4. The highest BCUT2D eigenvalue weighted by Gasteiger charge is 2.30. The van der Waals surface area contributed by atoms with E-state index in [0.717, 1.165) is 24.1 Å². The molecule has 6 heteroatoms. The molecule has 0 saturated carbocycles. The van der Waals surface area contributed by atoms with Gasteiger partial charge in [0, 0.05) is 5.69 Å². The monoisotopic (exact) mass is 322 g/mol. The molecule has 0 spiro atoms. The fourth-order valence-electron chi connectivity index (χ4n) is 2.06. The summed E-state index contributed by atoms with van der Waals surface area (Å²) in [6.07, 6.45) is -3.65. The second-order valence-corrected chi connectivity index (χ2v) is 5.04. The number of anilines is 1. The maximum absolute atomic E-state index is 12.6. The van der Waals surface area contributed by atoms with Gasteiger partial charge >= 0.3 is 6.18 Å². The summed E-state index contributed by atoms with van der Waals surface area (Å²) in [6, 6.07) is 14.4. The minimum atomic E-state index is -4.42. The lowest BCUT2D eigenvalue weighted by Gasteiger charge is -2.10. The molecule has 23 heavy (non-hydrogen) atoms. The van der Waals surface area contributed by atoms with Crippen LogP contribution in [0.3, 0.4) is 0 Å². The highest BCUT2D eigenvalue weighted by atomic mass is 19.4. The van der Waals surface area contributed by atoms with Crippen LogP contribution < -0.4 is 10.6 Å². The van der Waals surface area contributed by atoms with E-state index >= 15 is 0 Å². The Hall–Kier alpha value is -2.34. The minimum absolute atomic E-state index is 0.0447. The van der Waals surface area contributed by atoms with Crippen LogP contribution in [0.5, 0.6) is 0 Å². The number of rotatable bonds is 6. The Balaban J connectivity index is 1.77. The molecule has 0 bridgehead atoms. The fraction of sp³-hybridized carbons (Fsp3) is 0.235. The van der Waals surface area contributed by atoms with Crippen LogP contribution in [-0.4, -0.2) is 19.0 Å². The van der Waals surface area contributed by atoms with Gasteiger partial charge in [0.2, 0.25) is 5.91 Å². The van der Waals surface area contributed by atoms with Gasteiger partial charge < -0.3 is 10.6 Å². The average Bonchev–Trinajstić information content (AvgIpc) is 2.52. The van der Waals surface area contributed by atoms with Crippen molar-refractivity contribution >= 4 is 11.6 Å². The molecule has 0 aromatic heterocycles. The molecule has 0 heterocycles. The predicted octanol–water partition coefficient (Wildman–Crippen LogP) is 3.48. The molecule has 0 aliphatic heterocycles. The predicted molar refractivity (Wildman–Crippen MR) is 83.1 cm³/mol. The van der Waals surface area contributed by atoms with Gasteiger partial charge in [-0.05, 0) is 36.7 Å². The van der Waals surface area contributed by atoms with E-state index in [2.05, 4.69) is 10.6 Å². The molecule has 2 N–H and O–H groups in total. The van der Waals surface area contributed by atoms with Gasteiger partial charge in [-0.2, -0.15) is 13.2 Å². The highest BCUT2D eigenvalue weighted by Crippen LogP contribution is 2.30. The normalized spacial score (nSPS) is 11.3. The number of nitrogens with one attached hydrogen (secondary N) is 2. The molecular formula is C17H17F3N2O. The van der Waals surface area contributed by atoms with Crippen molar-refractivity contribution in [1.29, 1.82) is 0 Å². The maximum atomic E-state index is 12.6. The van der Waals surface area contributed by atoms with E-state index in [1.165, 1.54) is 12.1 Å². The van der Waals surface area contributed by atoms with Gasteiger partial charge in [-0.1, -0.05) is 36.4 Å². The van der Waals surface area contributed by atoms with Gasteiger partial charge in [-0.15, -0.1) is 0 Å². The number of carbonyl (C=O) groups is 1. The Morgan fingerprint density at radius 3 is 2.43 bits per heavy atom. The van der Waals surface area contributed by atoms with Crippen LogP contribution in [0.25, 0.3) is 0 Å². The quantitative estimate of drug-likeness (QED) is 0.800. The smallest absolute Gasteiger partial charge is 0.325 e. The Morgan fingerprint density at radius 2 is 1.74 bits per heavy atom. The van der Waals surface area contributed by atoms with Crippen LogP contribution >= 0.6 is 0 Å². The first kappa shape index (κ1) is 17.0. The number of amides is 1. The van der Waals surface area contributed by atoms with Crippen molar-refractivity contribution in [2.24, 2.45) is 0 Å². The molecular weight excluding hydrogens is 305 g/mol. The van der Waals surface area contributed by atoms with Crippen molar-refractivity contribution in [3.05, 3.63) is 65.7 Å². The molecule has 2 aromatic rings. The third-order valence-electron chi connectivity index (χ3n) is 3.19. The molecule has 0 aliphatic rings. The van der Waals surface area contributed by atoms with Crippen molar-refractivity contribution in [3.63, 3.8) is 0 Å². The number of benzene rings is 2. The molecule has 0 unspecified atom stereocenters. The largest absolute Gasteiger partial charge is 0.416 e. The van der Waals surface area contributed by atoms with Gasteiger partial charge in [0.15, 0.2) is 0 Å². The molecule has 3 nitrogen and oxygen atoms in total. The molecule has 122 valence electrons. The minimum Gasteiger partial charge on any atom is -0.325 e. The standard InChI is InChI=1S/C17H17F3N2O/c18-17(19,20)14-7-4-8-15(11-14)22-16(23)12-21-10-9-13-5-2-1-3-6-13/h1-8,11,21H,9-10,12H2,(H,22,23). The van der Waals surface area contributed by atoms with E-state index in [9.17, 15) is 18.0 Å². The first-order chi connectivity index (χ1) is 10.9. The summed E-state index contributed by atoms with van der Waals surface area (Å²) >= 11 is 0. The number of carbonyl (C=O) groups excluding carboxylic acids is 1. The Kier molecular flexibility index (Phi) is 5.76. The van der Waals surface area contributed by atoms with Crippen molar-refractivity contribution in [1.82, 2.24) is 5.32 Å². The number of hydrogen-bond donors (Lipinski definition) is 2. The Labute approximate surface area is 132 Å².